The van der Waals surface area contributed by atoms with Crippen LogP contribution in [-0.4, -0.2) is 38.8 Å². The smallest absolute Gasteiger partial charge is 0.251 e. The van der Waals surface area contributed by atoms with Crippen molar-refractivity contribution >= 4 is 5.91 Å². The third kappa shape index (κ3) is 3.69. The number of nitrogens with one attached hydrogen (secondary N) is 1. The van der Waals surface area contributed by atoms with E-state index in [-0.39, 0.29) is 17.4 Å². The third-order valence-electron chi connectivity index (χ3n) is 5.57. The van der Waals surface area contributed by atoms with Crippen LogP contribution in [0.2, 0.25) is 0 Å². The van der Waals surface area contributed by atoms with Gasteiger partial charge in [0.15, 0.2) is 5.82 Å². The molecule has 2 fully saturated rings. The van der Waals surface area contributed by atoms with Gasteiger partial charge in [0.2, 0.25) is 5.91 Å². The predicted octanol–water partition coefficient (Wildman–Crippen LogP) is 2.73. The number of amides is 1. The second-order valence-electron chi connectivity index (χ2n) is 7.41. The standard InChI is InChI=1S/C20H24N4O2/c25-18-12-17(22-20(23-18)16-7-3-4-9-21-16)15-8-10-24(13-15)19(26)11-14-5-1-2-6-14/h3-4,7,9,12,14-15H,1-2,5-6,8,10-11,13H2,(H,22,23,25). The number of hydrogen-bond donors (Lipinski definition) is 1. The lowest BCUT2D eigenvalue weighted by Gasteiger charge is -2.18. The number of pyridine rings is 1. The number of carbonyl (C=O) groups excluding carboxylic acids is 1. The van der Waals surface area contributed by atoms with Crippen molar-refractivity contribution in [2.75, 3.05) is 13.1 Å². The van der Waals surface area contributed by atoms with Crippen molar-refractivity contribution in [3.8, 4) is 11.5 Å². The van der Waals surface area contributed by atoms with Crippen molar-refractivity contribution < 1.29 is 4.79 Å². The molecule has 26 heavy (non-hydrogen) atoms. The van der Waals surface area contributed by atoms with Crippen LogP contribution in [-0.2, 0) is 4.79 Å². The van der Waals surface area contributed by atoms with Crippen LogP contribution in [0.1, 0.15) is 50.1 Å². The average molecular weight is 352 g/mol. The molecule has 0 spiro atoms. The number of rotatable bonds is 4. The summed E-state index contributed by atoms with van der Waals surface area (Å²) >= 11 is 0. The summed E-state index contributed by atoms with van der Waals surface area (Å²) < 4.78 is 0. The average Bonchev–Trinajstić information content (AvgIpc) is 3.34. The predicted molar refractivity (Wildman–Crippen MR) is 98.6 cm³/mol. The van der Waals surface area contributed by atoms with Crippen LogP contribution in [0.3, 0.4) is 0 Å². The number of carbonyl (C=O) groups is 1. The quantitative estimate of drug-likeness (QED) is 0.918. The van der Waals surface area contributed by atoms with Gasteiger partial charge in [-0.15, -0.1) is 0 Å². The Bertz CT molecular complexity index is 827. The molecule has 1 aliphatic carbocycles. The van der Waals surface area contributed by atoms with Gasteiger partial charge in [-0.05, 0) is 37.3 Å². The number of H-pyrrole nitrogens is 1. The summed E-state index contributed by atoms with van der Waals surface area (Å²) in [6, 6.07) is 7.08. The summed E-state index contributed by atoms with van der Waals surface area (Å²) in [4.78, 5) is 38.2. The van der Waals surface area contributed by atoms with E-state index in [1.165, 1.54) is 25.7 Å². The minimum atomic E-state index is -0.175. The van der Waals surface area contributed by atoms with E-state index < -0.39 is 0 Å². The minimum absolute atomic E-state index is 0.118. The van der Waals surface area contributed by atoms with Crippen LogP contribution in [0.25, 0.3) is 11.5 Å². The van der Waals surface area contributed by atoms with Crippen LogP contribution in [0.5, 0.6) is 0 Å². The SMILES string of the molecule is O=C(CC1CCCC1)N1CCC(c2cc(=O)[nH]c(-c3ccccn3)n2)C1. The lowest BCUT2D eigenvalue weighted by atomic mass is 10.0. The maximum absolute atomic E-state index is 12.6. The van der Waals surface area contributed by atoms with Crippen LogP contribution < -0.4 is 5.56 Å². The summed E-state index contributed by atoms with van der Waals surface area (Å²) in [5.74, 6) is 1.43. The van der Waals surface area contributed by atoms with E-state index in [0.29, 0.717) is 30.4 Å². The van der Waals surface area contributed by atoms with Crippen molar-refractivity contribution in [3.63, 3.8) is 0 Å². The molecule has 6 heteroatoms. The monoisotopic (exact) mass is 352 g/mol. The Morgan fingerprint density at radius 3 is 2.85 bits per heavy atom. The third-order valence-corrected chi connectivity index (χ3v) is 5.57. The first kappa shape index (κ1) is 16.9. The van der Waals surface area contributed by atoms with Crippen molar-refractivity contribution in [1.29, 1.82) is 0 Å². The van der Waals surface area contributed by atoms with Gasteiger partial charge in [-0.1, -0.05) is 18.9 Å². The van der Waals surface area contributed by atoms with Gasteiger partial charge < -0.3 is 9.88 Å². The number of aromatic nitrogens is 3. The lowest BCUT2D eigenvalue weighted by molar-refractivity contribution is -0.131. The largest absolute Gasteiger partial charge is 0.342 e. The molecule has 2 aromatic heterocycles. The highest BCUT2D eigenvalue weighted by atomic mass is 16.2. The van der Waals surface area contributed by atoms with E-state index in [1.54, 1.807) is 12.3 Å². The molecule has 0 bridgehead atoms. The number of aromatic amines is 1. The molecule has 2 aliphatic rings. The number of likely N-dealkylation sites (tertiary alicyclic amines) is 1. The molecule has 1 amide bonds. The highest BCUT2D eigenvalue weighted by Gasteiger charge is 2.30. The maximum Gasteiger partial charge on any atom is 0.251 e. The van der Waals surface area contributed by atoms with E-state index in [9.17, 15) is 9.59 Å². The van der Waals surface area contributed by atoms with Crippen molar-refractivity contribution in [2.24, 2.45) is 5.92 Å². The molecule has 4 rings (SSSR count). The molecule has 0 aromatic carbocycles. The van der Waals surface area contributed by atoms with E-state index >= 15 is 0 Å². The molecule has 1 aliphatic heterocycles. The second kappa shape index (κ2) is 7.40. The highest BCUT2D eigenvalue weighted by molar-refractivity contribution is 5.76. The fourth-order valence-corrected chi connectivity index (χ4v) is 4.13. The number of hydrogen-bond acceptors (Lipinski definition) is 4. The molecule has 3 heterocycles. The van der Waals surface area contributed by atoms with Crippen LogP contribution in [0, 0.1) is 5.92 Å². The molecule has 1 saturated heterocycles. The zero-order valence-electron chi connectivity index (χ0n) is 14.9. The van der Waals surface area contributed by atoms with Gasteiger partial charge in [-0.2, -0.15) is 0 Å². The summed E-state index contributed by atoms with van der Waals surface area (Å²) in [6.07, 6.45) is 8.10. The minimum Gasteiger partial charge on any atom is -0.342 e. The molecule has 6 nitrogen and oxygen atoms in total. The molecule has 136 valence electrons. The normalized spacial score (nSPS) is 20.6. The molecule has 1 atom stereocenters. The van der Waals surface area contributed by atoms with Crippen LogP contribution >= 0.6 is 0 Å². The zero-order chi connectivity index (χ0) is 17.9. The van der Waals surface area contributed by atoms with E-state index in [1.807, 2.05) is 23.1 Å². The highest BCUT2D eigenvalue weighted by Crippen LogP contribution is 2.31. The Morgan fingerprint density at radius 2 is 2.08 bits per heavy atom. The van der Waals surface area contributed by atoms with Gasteiger partial charge in [0, 0.05) is 37.7 Å². The summed E-state index contributed by atoms with van der Waals surface area (Å²) in [6.45, 7) is 1.41. The lowest BCUT2D eigenvalue weighted by Crippen LogP contribution is -2.29. The fraction of sp³-hybridized carbons (Fsp3) is 0.500. The molecule has 2 aromatic rings. The Hall–Kier alpha value is -2.50. The maximum atomic E-state index is 12.6. The van der Waals surface area contributed by atoms with E-state index in [2.05, 4.69) is 15.0 Å². The van der Waals surface area contributed by atoms with Gasteiger partial charge in [-0.25, -0.2) is 4.98 Å². The first-order valence-electron chi connectivity index (χ1n) is 9.49. The summed E-state index contributed by atoms with van der Waals surface area (Å²) in [5.41, 5.74) is 1.23. The Morgan fingerprint density at radius 1 is 1.23 bits per heavy atom. The zero-order valence-corrected chi connectivity index (χ0v) is 14.9. The first-order valence-corrected chi connectivity index (χ1v) is 9.49. The summed E-state index contributed by atoms with van der Waals surface area (Å²) in [7, 11) is 0. The van der Waals surface area contributed by atoms with Crippen molar-refractivity contribution in [1.82, 2.24) is 19.9 Å². The first-order chi connectivity index (χ1) is 12.7. The van der Waals surface area contributed by atoms with Gasteiger partial charge in [0.05, 0.1) is 5.69 Å². The topological polar surface area (TPSA) is 79.0 Å². The van der Waals surface area contributed by atoms with Gasteiger partial charge in [-0.3, -0.25) is 14.6 Å². The van der Waals surface area contributed by atoms with E-state index in [0.717, 1.165) is 18.7 Å². The molecule has 1 N–H and O–H groups in total. The second-order valence-corrected chi connectivity index (χ2v) is 7.41. The number of nitrogens with zero attached hydrogens (tertiary/aromatic N) is 3. The van der Waals surface area contributed by atoms with Crippen LogP contribution in [0.15, 0.2) is 35.3 Å². The molecule has 1 unspecified atom stereocenters. The molecule has 1 saturated carbocycles. The summed E-state index contributed by atoms with van der Waals surface area (Å²) in [5, 5.41) is 0. The molecular weight excluding hydrogens is 328 g/mol. The van der Waals surface area contributed by atoms with E-state index in [4.69, 9.17) is 0 Å². The van der Waals surface area contributed by atoms with Crippen LogP contribution in [0.4, 0.5) is 0 Å². The molecule has 0 radical (unpaired) electrons. The van der Waals surface area contributed by atoms with Gasteiger partial charge in [0.1, 0.15) is 5.69 Å². The molecular formula is C20H24N4O2. The Labute approximate surface area is 152 Å². The van der Waals surface area contributed by atoms with Crippen molar-refractivity contribution in [2.45, 2.75) is 44.4 Å². The Balaban J connectivity index is 1.47. The van der Waals surface area contributed by atoms with Gasteiger partial charge >= 0.3 is 0 Å². The van der Waals surface area contributed by atoms with Gasteiger partial charge in [0.25, 0.3) is 5.56 Å². The van der Waals surface area contributed by atoms with Crippen molar-refractivity contribution in [3.05, 3.63) is 46.5 Å². The fourth-order valence-electron chi connectivity index (χ4n) is 4.13. The Kier molecular flexibility index (Phi) is 4.82.